The van der Waals surface area contributed by atoms with Crippen molar-refractivity contribution in [3.05, 3.63) is 44.7 Å². The molecule has 0 saturated heterocycles. The summed E-state index contributed by atoms with van der Waals surface area (Å²) in [6.45, 7) is 0. The van der Waals surface area contributed by atoms with Crippen LogP contribution in [-0.4, -0.2) is 9.97 Å². The van der Waals surface area contributed by atoms with Crippen LogP contribution < -0.4 is 5.32 Å². The molecule has 0 fully saturated rings. The van der Waals surface area contributed by atoms with E-state index in [0.29, 0.717) is 22.2 Å². The maximum absolute atomic E-state index is 8.72. The molecule has 0 atom stereocenters. The van der Waals surface area contributed by atoms with Crippen molar-refractivity contribution in [2.24, 2.45) is 0 Å². The molecular weight excluding hydrogens is 351 g/mol. The third kappa shape index (κ3) is 3.05. The van der Waals surface area contributed by atoms with Gasteiger partial charge in [-0.3, -0.25) is 0 Å². The highest BCUT2D eigenvalue weighted by Gasteiger charge is 2.03. The van der Waals surface area contributed by atoms with Crippen LogP contribution in [0.15, 0.2) is 30.6 Å². The average molecular weight is 357 g/mol. The number of nitrogens with one attached hydrogen (secondary N) is 1. The standard InChI is InChI=1S/C11H6ClIN4/c12-9-3-7(4-14)1-2-10(9)17-11-15-5-8(13)6-16-11/h1-3,5-6H,(H,15,16,17). The van der Waals surface area contributed by atoms with Crippen molar-refractivity contribution in [2.75, 3.05) is 5.32 Å². The van der Waals surface area contributed by atoms with Crippen LogP contribution >= 0.6 is 34.2 Å². The molecule has 4 nitrogen and oxygen atoms in total. The highest BCUT2D eigenvalue weighted by molar-refractivity contribution is 14.1. The van der Waals surface area contributed by atoms with E-state index < -0.39 is 0 Å². The van der Waals surface area contributed by atoms with Crippen LogP contribution in [-0.2, 0) is 0 Å². The molecule has 1 aromatic heterocycles. The molecule has 1 heterocycles. The van der Waals surface area contributed by atoms with Gasteiger partial charge in [0.2, 0.25) is 5.95 Å². The van der Waals surface area contributed by atoms with Crippen LogP contribution in [0, 0.1) is 14.9 Å². The fraction of sp³-hybridized carbons (Fsp3) is 0. The van der Waals surface area contributed by atoms with E-state index in [1.54, 1.807) is 30.6 Å². The Hall–Kier alpha value is -1.39. The number of nitrogens with zero attached hydrogens (tertiary/aromatic N) is 3. The van der Waals surface area contributed by atoms with Gasteiger partial charge in [0, 0.05) is 16.0 Å². The van der Waals surface area contributed by atoms with Crippen LogP contribution in [0.3, 0.4) is 0 Å². The van der Waals surface area contributed by atoms with Crippen molar-refractivity contribution >= 4 is 45.8 Å². The van der Waals surface area contributed by atoms with Gasteiger partial charge in [-0.15, -0.1) is 0 Å². The van der Waals surface area contributed by atoms with Gasteiger partial charge in [0.05, 0.1) is 22.3 Å². The number of anilines is 2. The van der Waals surface area contributed by atoms with Crippen LogP contribution in [0.25, 0.3) is 0 Å². The lowest BCUT2D eigenvalue weighted by molar-refractivity contribution is 1.15. The first-order valence-corrected chi connectivity index (χ1v) is 6.09. The second kappa shape index (κ2) is 5.29. The van der Waals surface area contributed by atoms with E-state index in [1.807, 2.05) is 6.07 Å². The molecule has 0 amide bonds. The molecular formula is C11H6ClIN4. The number of benzene rings is 1. The van der Waals surface area contributed by atoms with Gasteiger partial charge in [0.15, 0.2) is 0 Å². The zero-order chi connectivity index (χ0) is 12.3. The zero-order valence-electron chi connectivity index (χ0n) is 8.48. The predicted molar refractivity (Wildman–Crippen MR) is 74.2 cm³/mol. The summed E-state index contributed by atoms with van der Waals surface area (Å²) in [6, 6.07) is 7.02. The average Bonchev–Trinajstić information content (AvgIpc) is 2.34. The minimum atomic E-state index is 0.464. The van der Waals surface area contributed by atoms with Crippen molar-refractivity contribution in [3.8, 4) is 6.07 Å². The Bertz CT molecular complexity index is 577. The Morgan fingerprint density at radius 2 is 2.00 bits per heavy atom. The van der Waals surface area contributed by atoms with Crippen molar-refractivity contribution in [1.29, 1.82) is 5.26 Å². The Morgan fingerprint density at radius 3 is 2.59 bits per heavy atom. The summed E-state index contributed by atoms with van der Waals surface area (Å²) >= 11 is 8.15. The molecule has 0 aliphatic heterocycles. The van der Waals surface area contributed by atoms with E-state index >= 15 is 0 Å². The van der Waals surface area contributed by atoms with Gasteiger partial charge in [-0.1, -0.05) is 11.6 Å². The van der Waals surface area contributed by atoms with Gasteiger partial charge < -0.3 is 5.32 Å². The first-order valence-electron chi connectivity index (χ1n) is 4.63. The third-order valence-electron chi connectivity index (χ3n) is 1.96. The number of aromatic nitrogens is 2. The lowest BCUT2D eigenvalue weighted by Gasteiger charge is -2.06. The van der Waals surface area contributed by atoms with Crippen LogP contribution in [0.5, 0.6) is 0 Å². The molecule has 0 aliphatic carbocycles. The summed E-state index contributed by atoms with van der Waals surface area (Å²) in [5, 5.41) is 12.2. The number of rotatable bonds is 2. The lowest BCUT2D eigenvalue weighted by Crippen LogP contribution is -1.97. The summed E-state index contributed by atoms with van der Waals surface area (Å²) in [6.07, 6.45) is 3.40. The Kier molecular flexibility index (Phi) is 3.76. The predicted octanol–water partition coefficient (Wildman–Crippen LogP) is 3.35. The highest BCUT2D eigenvalue weighted by Crippen LogP contribution is 2.24. The zero-order valence-corrected chi connectivity index (χ0v) is 11.4. The fourth-order valence-electron chi connectivity index (χ4n) is 1.18. The summed E-state index contributed by atoms with van der Waals surface area (Å²) in [4.78, 5) is 8.21. The normalized spacial score (nSPS) is 9.71. The third-order valence-corrected chi connectivity index (χ3v) is 2.83. The smallest absolute Gasteiger partial charge is 0.227 e. The second-order valence-corrected chi connectivity index (χ2v) is 4.81. The van der Waals surface area contributed by atoms with Gasteiger partial charge >= 0.3 is 0 Å². The number of hydrogen-bond donors (Lipinski definition) is 1. The Morgan fingerprint density at radius 1 is 1.29 bits per heavy atom. The van der Waals surface area contributed by atoms with Gasteiger partial charge in [0.1, 0.15) is 0 Å². The van der Waals surface area contributed by atoms with E-state index in [9.17, 15) is 0 Å². The first kappa shape index (κ1) is 12.1. The molecule has 0 saturated carbocycles. The summed E-state index contributed by atoms with van der Waals surface area (Å²) < 4.78 is 0.957. The molecule has 17 heavy (non-hydrogen) atoms. The maximum Gasteiger partial charge on any atom is 0.227 e. The number of halogens is 2. The molecule has 0 radical (unpaired) electrons. The van der Waals surface area contributed by atoms with Crippen molar-refractivity contribution in [3.63, 3.8) is 0 Å². The highest BCUT2D eigenvalue weighted by atomic mass is 127. The second-order valence-electron chi connectivity index (χ2n) is 3.16. The van der Waals surface area contributed by atoms with E-state index in [-0.39, 0.29) is 0 Å². The summed E-state index contributed by atoms with van der Waals surface area (Å²) in [7, 11) is 0. The molecule has 2 rings (SSSR count). The largest absolute Gasteiger partial charge is 0.323 e. The molecule has 1 aromatic carbocycles. The van der Waals surface area contributed by atoms with Gasteiger partial charge in [-0.25, -0.2) is 9.97 Å². The summed E-state index contributed by atoms with van der Waals surface area (Å²) in [5.41, 5.74) is 1.19. The van der Waals surface area contributed by atoms with Crippen molar-refractivity contribution in [1.82, 2.24) is 9.97 Å². The lowest BCUT2D eigenvalue weighted by atomic mass is 10.2. The topological polar surface area (TPSA) is 61.6 Å². The Labute approximate surface area is 117 Å². The van der Waals surface area contributed by atoms with Crippen LogP contribution in [0.2, 0.25) is 5.02 Å². The fourth-order valence-corrected chi connectivity index (χ4v) is 1.69. The quantitative estimate of drug-likeness (QED) is 0.838. The molecule has 1 N–H and O–H groups in total. The van der Waals surface area contributed by atoms with Crippen molar-refractivity contribution < 1.29 is 0 Å². The molecule has 0 unspecified atom stereocenters. The molecule has 0 bridgehead atoms. The minimum Gasteiger partial charge on any atom is -0.323 e. The Balaban J connectivity index is 2.25. The van der Waals surface area contributed by atoms with Crippen LogP contribution in [0.1, 0.15) is 5.56 Å². The summed E-state index contributed by atoms with van der Waals surface area (Å²) in [5.74, 6) is 0.469. The van der Waals surface area contributed by atoms with E-state index in [1.165, 1.54) is 0 Å². The SMILES string of the molecule is N#Cc1ccc(Nc2ncc(I)cn2)c(Cl)c1. The van der Waals surface area contributed by atoms with Gasteiger partial charge in [0.25, 0.3) is 0 Å². The molecule has 84 valence electrons. The number of nitriles is 1. The van der Waals surface area contributed by atoms with Crippen molar-refractivity contribution in [2.45, 2.75) is 0 Å². The molecule has 2 aromatic rings. The van der Waals surface area contributed by atoms with E-state index in [4.69, 9.17) is 16.9 Å². The molecule has 0 spiro atoms. The number of hydrogen-bond acceptors (Lipinski definition) is 4. The first-order chi connectivity index (χ1) is 8.19. The maximum atomic E-state index is 8.72. The minimum absolute atomic E-state index is 0.464. The van der Waals surface area contributed by atoms with E-state index in [2.05, 4.69) is 37.9 Å². The van der Waals surface area contributed by atoms with Crippen LogP contribution in [0.4, 0.5) is 11.6 Å². The molecule has 0 aliphatic rings. The van der Waals surface area contributed by atoms with E-state index in [0.717, 1.165) is 3.57 Å². The van der Waals surface area contributed by atoms with Gasteiger partial charge in [-0.05, 0) is 40.8 Å². The monoisotopic (exact) mass is 356 g/mol. The molecule has 6 heteroatoms. The van der Waals surface area contributed by atoms with Gasteiger partial charge in [-0.2, -0.15) is 5.26 Å².